The van der Waals surface area contributed by atoms with Gasteiger partial charge in [-0.1, -0.05) is 19.1 Å². The Morgan fingerprint density at radius 1 is 1.05 bits per heavy atom. The normalized spacial score (nSPS) is 22.9. The molecule has 0 unspecified atom stereocenters. The minimum absolute atomic E-state index is 0.555. The Labute approximate surface area is 125 Å². The minimum atomic E-state index is -1.37. The third-order valence-corrected chi connectivity index (χ3v) is 4.42. The molecule has 0 saturated heterocycles. The molecular weight excluding hydrogens is 273 g/mol. The van der Waals surface area contributed by atoms with E-state index in [1.54, 1.807) is 0 Å². The van der Waals surface area contributed by atoms with Crippen molar-refractivity contribution < 1.29 is 13.2 Å². The van der Waals surface area contributed by atoms with Gasteiger partial charge in [0.1, 0.15) is 0 Å². The van der Waals surface area contributed by atoms with E-state index >= 15 is 0 Å². The lowest BCUT2D eigenvalue weighted by Gasteiger charge is -2.26. The zero-order chi connectivity index (χ0) is 15.2. The van der Waals surface area contributed by atoms with Gasteiger partial charge in [0.25, 0.3) is 0 Å². The molecule has 0 amide bonds. The van der Waals surface area contributed by atoms with E-state index in [9.17, 15) is 13.2 Å². The van der Waals surface area contributed by atoms with Crippen molar-refractivity contribution in [2.24, 2.45) is 11.8 Å². The first-order valence-electron chi connectivity index (χ1n) is 7.90. The molecule has 1 aliphatic rings. The van der Waals surface area contributed by atoms with E-state index in [2.05, 4.69) is 19.1 Å². The summed E-state index contributed by atoms with van der Waals surface area (Å²) >= 11 is 0. The monoisotopic (exact) mass is 296 g/mol. The van der Waals surface area contributed by atoms with Crippen LogP contribution in [0.3, 0.4) is 0 Å². The number of hydrogen-bond donors (Lipinski definition) is 0. The van der Waals surface area contributed by atoms with Crippen molar-refractivity contribution in [3.05, 3.63) is 47.3 Å². The van der Waals surface area contributed by atoms with Gasteiger partial charge in [0.15, 0.2) is 17.5 Å². The fourth-order valence-corrected chi connectivity index (χ4v) is 3.12. The molecule has 2 rings (SSSR count). The molecule has 1 aromatic rings. The maximum atomic E-state index is 13.2. The molecule has 116 valence electrons. The quantitative estimate of drug-likeness (QED) is 0.475. The summed E-state index contributed by atoms with van der Waals surface area (Å²) in [6.07, 6.45) is 11.9. The molecule has 0 heterocycles. The second-order valence-electron chi connectivity index (χ2n) is 6.03. The van der Waals surface area contributed by atoms with Crippen molar-refractivity contribution in [3.8, 4) is 0 Å². The molecule has 1 aromatic carbocycles. The molecule has 0 aliphatic heterocycles. The second-order valence-corrected chi connectivity index (χ2v) is 6.03. The molecule has 1 saturated carbocycles. The van der Waals surface area contributed by atoms with Gasteiger partial charge in [-0.25, -0.2) is 13.2 Å². The van der Waals surface area contributed by atoms with Crippen LogP contribution < -0.4 is 0 Å². The SMILES string of the molecule is CC/C=C/C1CCC(CCc2cc(F)c(F)c(F)c2)CC1. The predicted molar refractivity (Wildman–Crippen MR) is 79.5 cm³/mol. The molecular formula is C18H23F3. The summed E-state index contributed by atoms with van der Waals surface area (Å²) in [4.78, 5) is 0. The largest absolute Gasteiger partial charge is 0.204 e. The Bertz CT molecular complexity index is 462. The van der Waals surface area contributed by atoms with Crippen LogP contribution in [-0.4, -0.2) is 0 Å². The summed E-state index contributed by atoms with van der Waals surface area (Å²) in [5.41, 5.74) is 0.555. The zero-order valence-electron chi connectivity index (χ0n) is 12.5. The smallest absolute Gasteiger partial charge is 0.194 e. The van der Waals surface area contributed by atoms with Gasteiger partial charge < -0.3 is 0 Å². The maximum Gasteiger partial charge on any atom is 0.194 e. The van der Waals surface area contributed by atoms with Crippen LogP contribution in [0.15, 0.2) is 24.3 Å². The van der Waals surface area contributed by atoms with E-state index in [0.717, 1.165) is 25.0 Å². The molecule has 3 heteroatoms. The summed E-state index contributed by atoms with van der Waals surface area (Å²) < 4.78 is 39.2. The zero-order valence-corrected chi connectivity index (χ0v) is 12.5. The van der Waals surface area contributed by atoms with Crippen molar-refractivity contribution in [2.75, 3.05) is 0 Å². The predicted octanol–water partition coefficient (Wildman–Crippen LogP) is 5.81. The Morgan fingerprint density at radius 3 is 2.24 bits per heavy atom. The van der Waals surface area contributed by atoms with Crippen LogP contribution in [-0.2, 0) is 6.42 Å². The summed E-state index contributed by atoms with van der Waals surface area (Å²) in [5, 5.41) is 0. The molecule has 0 radical (unpaired) electrons. The van der Waals surface area contributed by atoms with Crippen LogP contribution in [0.4, 0.5) is 13.2 Å². The van der Waals surface area contributed by atoms with E-state index in [4.69, 9.17) is 0 Å². The van der Waals surface area contributed by atoms with Crippen molar-refractivity contribution in [1.82, 2.24) is 0 Å². The number of hydrogen-bond acceptors (Lipinski definition) is 0. The summed E-state index contributed by atoms with van der Waals surface area (Å²) in [6, 6.07) is 2.24. The lowest BCUT2D eigenvalue weighted by atomic mass is 9.79. The standard InChI is InChI=1S/C18H23F3/c1-2-3-4-13-5-7-14(8-6-13)9-10-15-11-16(19)18(21)17(20)12-15/h3-4,11-14H,2,5-10H2,1H3/b4-3+. The van der Waals surface area contributed by atoms with Crippen LogP contribution in [0.5, 0.6) is 0 Å². The Morgan fingerprint density at radius 2 is 1.67 bits per heavy atom. The topological polar surface area (TPSA) is 0 Å². The highest BCUT2D eigenvalue weighted by atomic mass is 19.2. The molecule has 0 N–H and O–H groups in total. The van der Waals surface area contributed by atoms with Gasteiger partial charge in [0.2, 0.25) is 0 Å². The highest BCUT2D eigenvalue weighted by Gasteiger charge is 2.19. The molecule has 0 spiro atoms. The van der Waals surface area contributed by atoms with Gasteiger partial charge in [0, 0.05) is 0 Å². The lowest BCUT2D eigenvalue weighted by molar-refractivity contribution is 0.295. The third kappa shape index (κ3) is 4.62. The first-order chi connectivity index (χ1) is 10.1. The average molecular weight is 296 g/mol. The Balaban J connectivity index is 1.81. The van der Waals surface area contributed by atoms with Crippen molar-refractivity contribution in [1.29, 1.82) is 0 Å². The molecule has 0 nitrogen and oxygen atoms in total. The van der Waals surface area contributed by atoms with Gasteiger partial charge in [-0.3, -0.25) is 0 Å². The van der Waals surface area contributed by atoms with Crippen LogP contribution in [0.2, 0.25) is 0 Å². The van der Waals surface area contributed by atoms with Crippen LogP contribution in [0.1, 0.15) is 51.0 Å². The Hall–Kier alpha value is -1.25. The summed E-state index contributed by atoms with van der Waals surface area (Å²) in [5.74, 6) is -2.23. The second kappa shape index (κ2) is 7.67. The van der Waals surface area contributed by atoms with Gasteiger partial charge in [-0.05, 0) is 74.5 Å². The van der Waals surface area contributed by atoms with Crippen molar-refractivity contribution in [2.45, 2.75) is 51.9 Å². The third-order valence-electron chi connectivity index (χ3n) is 4.42. The number of allylic oxidation sites excluding steroid dienone is 2. The Kier molecular flexibility index (Phi) is 5.89. The van der Waals surface area contributed by atoms with Gasteiger partial charge in [-0.15, -0.1) is 0 Å². The fourth-order valence-electron chi connectivity index (χ4n) is 3.12. The van der Waals surface area contributed by atoms with Crippen molar-refractivity contribution in [3.63, 3.8) is 0 Å². The van der Waals surface area contributed by atoms with Crippen molar-refractivity contribution >= 4 is 0 Å². The number of aryl methyl sites for hydroxylation is 1. The van der Waals surface area contributed by atoms with E-state index < -0.39 is 17.5 Å². The van der Waals surface area contributed by atoms with E-state index in [-0.39, 0.29) is 0 Å². The molecule has 1 fully saturated rings. The first-order valence-corrected chi connectivity index (χ1v) is 7.90. The van der Waals surface area contributed by atoms with E-state index in [1.807, 2.05) is 0 Å². The van der Waals surface area contributed by atoms with Gasteiger partial charge in [-0.2, -0.15) is 0 Å². The van der Waals surface area contributed by atoms with Crippen LogP contribution in [0, 0.1) is 29.3 Å². The van der Waals surface area contributed by atoms with E-state index in [1.165, 1.54) is 25.7 Å². The summed E-state index contributed by atoms with van der Waals surface area (Å²) in [7, 11) is 0. The van der Waals surface area contributed by atoms with Crippen LogP contribution in [0.25, 0.3) is 0 Å². The molecule has 0 aromatic heterocycles. The van der Waals surface area contributed by atoms with Gasteiger partial charge in [0.05, 0.1) is 0 Å². The molecule has 21 heavy (non-hydrogen) atoms. The highest BCUT2D eigenvalue weighted by Crippen LogP contribution is 2.32. The molecule has 0 bridgehead atoms. The highest BCUT2D eigenvalue weighted by molar-refractivity contribution is 5.19. The molecule has 1 aliphatic carbocycles. The van der Waals surface area contributed by atoms with Gasteiger partial charge >= 0.3 is 0 Å². The average Bonchev–Trinajstić information content (AvgIpc) is 2.49. The summed E-state index contributed by atoms with van der Waals surface area (Å²) in [6.45, 7) is 2.14. The number of rotatable bonds is 5. The minimum Gasteiger partial charge on any atom is -0.204 e. The number of halogens is 3. The van der Waals surface area contributed by atoms with Crippen LogP contribution >= 0.6 is 0 Å². The lowest BCUT2D eigenvalue weighted by Crippen LogP contribution is -2.14. The number of benzene rings is 1. The van der Waals surface area contributed by atoms with E-state index in [0.29, 0.717) is 23.8 Å². The first kappa shape index (κ1) is 16.1. The maximum absolute atomic E-state index is 13.2. The molecule has 0 atom stereocenters. The fraction of sp³-hybridized carbons (Fsp3) is 0.556.